The van der Waals surface area contributed by atoms with Crippen molar-refractivity contribution >= 4 is 21.4 Å². The molecule has 6 nitrogen and oxygen atoms in total. The first-order chi connectivity index (χ1) is 12.2. The third-order valence-electron chi connectivity index (χ3n) is 4.15. The van der Waals surface area contributed by atoms with Gasteiger partial charge in [0.05, 0.1) is 10.9 Å². The third kappa shape index (κ3) is 5.31. The smallest absolute Gasteiger partial charge is 0.241 e. The van der Waals surface area contributed by atoms with Gasteiger partial charge in [-0.3, -0.25) is 4.79 Å². The summed E-state index contributed by atoms with van der Waals surface area (Å²) in [6.07, 6.45) is 1.97. The molecule has 0 heterocycles. The zero-order valence-corrected chi connectivity index (χ0v) is 15.9. The van der Waals surface area contributed by atoms with Gasteiger partial charge in [-0.2, -0.15) is 0 Å². The number of nitrogens with one attached hydrogen (secondary N) is 1. The molecule has 7 heteroatoms. The van der Waals surface area contributed by atoms with Crippen LogP contribution in [0.3, 0.4) is 0 Å². The number of ether oxygens (including phenoxy) is 1. The molecule has 2 atom stereocenters. The average Bonchev–Trinajstić information content (AvgIpc) is 2.61. The van der Waals surface area contributed by atoms with Gasteiger partial charge in [-0.1, -0.05) is 26.3 Å². The van der Waals surface area contributed by atoms with E-state index < -0.39 is 15.9 Å². The molecule has 0 fully saturated rings. The van der Waals surface area contributed by atoms with E-state index in [1.807, 2.05) is 13.8 Å². The van der Waals surface area contributed by atoms with Crippen molar-refractivity contribution in [1.29, 1.82) is 0 Å². The fraction of sp³-hybridized carbons (Fsp3) is 0.316. The molecule has 2 aromatic carbocycles. The molecule has 0 saturated carbocycles. The van der Waals surface area contributed by atoms with Gasteiger partial charge in [0.2, 0.25) is 5.91 Å². The number of hydrogen-bond donors (Lipinski definition) is 2. The topological polar surface area (TPSA) is 98.5 Å². The van der Waals surface area contributed by atoms with E-state index in [1.54, 1.807) is 36.4 Å². The maximum Gasteiger partial charge on any atom is 0.241 e. The molecular weight excluding hydrogens is 352 g/mol. The van der Waals surface area contributed by atoms with E-state index in [0.717, 1.165) is 12.7 Å². The van der Waals surface area contributed by atoms with E-state index in [2.05, 4.69) is 5.32 Å². The molecule has 3 N–H and O–H groups in total. The quantitative estimate of drug-likeness (QED) is 0.773. The highest BCUT2D eigenvalue weighted by atomic mass is 32.2. The molecule has 2 rings (SSSR count). The molecular formula is C19H24N2O4S. The molecule has 0 radical (unpaired) electrons. The molecule has 0 aromatic heterocycles. The molecule has 140 valence electrons. The van der Waals surface area contributed by atoms with Crippen LogP contribution in [-0.2, 0) is 14.6 Å². The molecule has 0 saturated heterocycles. The van der Waals surface area contributed by atoms with Crippen LogP contribution in [0.25, 0.3) is 0 Å². The van der Waals surface area contributed by atoms with E-state index in [4.69, 9.17) is 10.5 Å². The molecule has 0 aliphatic heterocycles. The van der Waals surface area contributed by atoms with Gasteiger partial charge in [0.1, 0.15) is 11.5 Å². The average molecular weight is 376 g/mol. The lowest BCUT2D eigenvalue weighted by Crippen LogP contribution is -2.40. The van der Waals surface area contributed by atoms with Crippen LogP contribution in [0.5, 0.6) is 11.5 Å². The minimum Gasteiger partial charge on any atom is -0.457 e. The van der Waals surface area contributed by atoms with Gasteiger partial charge < -0.3 is 15.8 Å². The van der Waals surface area contributed by atoms with Crippen molar-refractivity contribution in [2.45, 2.75) is 31.2 Å². The van der Waals surface area contributed by atoms with Gasteiger partial charge in [-0.15, -0.1) is 0 Å². The Hall–Kier alpha value is -2.38. The second-order valence-electron chi connectivity index (χ2n) is 6.27. The van der Waals surface area contributed by atoms with Crippen molar-refractivity contribution in [1.82, 2.24) is 0 Å². The summed E-state index contributed by atoms with van der Waals surface area (Å²) < 4.78 is 28.9. The van der Waals surface area contributed by atoms with Crippen LogP contribution in [0.1, 0.15) is 20.3 Å². The second-order valence-corrected chi connectivity index (χ2v) is 8.29. The van der Waals surface area contributed by atoms with Crippen LogP contribution < -0.4 is 15.8 Å². The number of sulfone groups is 1. The third-order valence-corrected chi connectivity index (χ3v) is 5.26. The van der Waals surface area contributed by atoms with Crippen molar-refractivity contribution in [3.63, 3.8) is 0 Å². The monoisotopic (exact) mass is 376 g/mol. The highest BCUT2D eigenvalue weighted by Crippen LogP contribution is 2.25. The van der Waals surface area contributed by atoms with Gasteiger partial charge in [-0.25, -0.2) is 8.42 Å². The van der Waals surface area contributed by atoms with Gasteiger partial charge in [-0.05, 0) is 48.4 Å². The van der Waals surface area contributed by atoms with Crippen LogP contribution in [-0.4, -0.2) is 26.6 Å². The van der Waals surface area contributed by atoms with Crippen LogP contribution in [0.4, 0.5) is 5.69 Å². The maximum absolute atomic E-state index is 12.1. The summed E-state index contributed by atoms with van der Waals surface area (Å²) in [6, 6.07) is 12.5. The summed E-state index contributed by atoms with van der Waals surface area (Å²) in [5, 5.41) is 2.78. The summed E-state index contributed by atoms with van der Waals surface area (Å²) in [7, 11) is -3.29. The van der Waals surface area contributed by atoms with Crippen molar-refractivity contribution in [2.24, 2.45) is 11.7 Å². The predicted octanol–water partition coefficient (Wildman–Crippen LogP) is 3.19. The molecule has 0 bridgehead atoms. The standard InChI is InChI=1S/C19H24N2O4S/c1-4-13(2)18(20)19(22)21-14-8-10-15(11-9-14)25-16-6-5-7-17(12-16)26(3,23)24/h5-13,18H,4,20H2,1-3H3,(H,21,22). The van der Waals surface area contributed by atoms with Crippen molar-refractivity contribution in [2.75, 3.05) is 11.6 Å². The summed E-state index contributed by atoms with van der Waals surface area (Å²) in [4.78, 5) is 12.3. The Morgan fingerprint density at radius 1 is 1.15 bits per heavy atom. The maximum atomic E-state index is 12.1. The summed E-state index contributed by atoms with van der Waals surface area (Å²) >= 11 is 0. The number of rotatable bonds is 7. The van der Waals surface area contributed by atoms with Crippen molar-refractivity contribution in [3.05, 3.63) is 48.5 Å². The molecule has 0 aliphatic rings. The molecule has 0 aliphatic carbocycles. The van der Waals surface area contributed by atoms with E-state index in [1.165, 1.54) is 12.1 Å². The van der Waals surface area contributed by atoms with E-state index >= 15 is 0 Å². The first kappa shape index (κ1) is 19.9. The molecule has 2 aromatic rings. The van der Waals surface area contributed by atoms with Crippen LogP contribution >= 0.6 is 0 Å². The Balaban J connectivity index is 2.05. The van der Waals surface area contributed by atoms with E-state index in [9.17, 15) is 13.2 Å². The lowest BCUT2D eigenvalue weighted by Gasteiger charge is -2.17. The van der Waals surface area contributed by atoms with Gasteiger partial charge in [0, 0.05) is 11.9 Å². The Labute approximate surface area is 154 Å². The summed E-state index contributed by atoms with van der Waals surface area (Å²) in [6.45, 7) is 3.93. The zero-order valence-electron chi connectivity index (χ0n) is 15.1. The fourth-order valence-electron chi connectivity index (χ4n) is 2.25. The van der Waals surface area contributed by atoms with Gasteiger partial charge >= 0.3 is 0 Å². The highest BCUT2D eigenvalue weighted by Gasteiger charge is 2.19. The molecule has 0 spiro atoms. The number of carbonyl (C=O) groups excluding carboxylic acids is 1. The number of hydrogen-bond acceptors (Lipinski definition) is 5. The molecule has 2 unspecified atom stereocenters. The van der Waals surface area contributed by atoms with Crippen LogP contribution in [0.2, 0.25) is 0 Å². The first-order valence-electron chi connectivity index (χ1n) is 8.35. The SMILES string of the molecule is CCC(C)C(N)C(=O)Nc1ccc(Oc2cccc(S(C)(=O)=O)c2)cc1. The summed E-state index contributed by atoms with van der Waals surface area (Å²) in [5.41, 5.74) is 6.53. The largest absolute Gasteiger partial charge is 0.457 e. The number of benzene rings is 2. The first-order valence-corrected chi connectivity index (χ1v) is 10.2. The Bertz CT molecular complexity index is 863. The number of carbonyl (C=O) groups is 1. The minimum absolute atomic E-state index is 0.0970. The number of amides is 1. The van der Waals surface area contributed by atoms with Crippen molar-refractivity contribution in [3.8, 4) is 11.5 Å². The van der Waals surface area contributed by atoms with E-state index in [-0.39, 0.29) is 16.7 Å². The number of anilines is 1. The minimum atomic E-state index is -3.29. The zero-order chi connectivity index (χ0) is 19.3. The van der Waals surface area contributed by atoms with Crippen LogP contribution in [0, 0.1) is 5.92 Å². The lowest BCUT2D eigenvalue weighted by molar-refractivity contribution is -0.118. The second kappa shape index (κ2) is 8.33. The Kier molecular flexibility index (Phi) is 6.39. The van der Waals surface area contributed by atoms with E-state index in [0.29, 0.717) is 17.2 Å². The summed E-state index contributed by atoms with van der Waals surface area (Å²) in [5.74, 6) is 0.817. The normalized spacial score (nSPS) is 13.7. The fourth-order valence-corrected chi connectivity index (χ4v) is 2.90. The number of nitrogens with two attached hydrogens (primary N) is 1. The Morgan fingerprint density at radius 2 is 1.81 bits per heavy atom. The predicted molar refractivity (Wildman–Crippen MR) is 102 cm³/mol. The highest BCUT2D eigenvalue weighted by molar-refractivity contribution is 7.90. The van der Waals surface area contributed by atoms with Crippen LogP contribution in [0.15, 0.2) is 53.4 Å². The lowest BCUT2D eigenvalue weighted by atomic mass is 9.99. The molecule has 1 amide bonds. The Morgan fingerprint density at radius 3 is 2.38 bits per heavy atom. The van der Waals surface area contributed by atoms with Crippen molar-refractivity contribution < 1.29 is 17.9 Å². The van der Waals surface area contributed by atoms with Gasteiger partial charge in [0.25, 0.3) is 0 Å². The van der Waals surface area contributed by atoms with Gasteiger partial charge in [0.15, 0.2) is 9.84 Å². The molecule has 26 heavy (non-hydrogen) atoms.